The molecule has 0 bridgehead atoms. The second-order valence-corrected chi connectivity index (χ2v) is 4.73. The summed E-state index contributed by atoms with van der Waals surface area (Å²) in [4.78, 5) is 4.37. The highest BCUT2D eigenvalue weighted by Crippen LogP contribution is 2.34. The third-order valence-electron chi connectivity index (χ3n) is 3.60. The lowest BCUT2D eigenvalue weighted by atomic mass is 10.1. The van der Waals surface area contributed by atoms with E-state index in [2.05, 4.69) is 33.9 Å². The number of fused-ring (bicyclic) bond motifs is 1. The van der Waals surface area contributed by atoms with E-state index in [0.29, 0.717) is 6.04 Å². The molecule has 1 aromatic heterocycles. The predicted molar refractivity (Wildman–Crippen MR) is 73.4 cm³/mol. The van der Waals surface area contributed by atoms with E-state index in [1.54, 1.807) is 0 Å². The highest BCUT2D eigenvalue weighted by Gasteiger charge is 2.23. The molecule has 0 fully saturated rings. The Bertz CT molecular complexity index is 559. The van der Waals surface area contributed by atoms with Crippen LogP contribution >= 0.6 is 0 Å². The molecular formula is C14H18N4. The van der Waals surface area contributed by atoms with Gasteiger partial charge in [0, 0.05) is 24.6 Å². The van der Waals surface area contributed by atoms with Crippen LogP contribution in [-0.4, -0.2) is 9.55 Å². The largest absolute Gasteiger partial charge is 0.399 e. The predicted octanol–water partition coefficient (Wildman–Crippen LogP) is 2.58. The Labute approximate surface area is 107 Å². The van der Waals surface area contributed by atoms with Crippen molar-refractivity contribution in [3.8, 4) is 0 Å². The Morgan fingerprint density at radius 3 is 3.22 bits per heavy atom. The van der Waals surface area contributed by atoms with Gasteiger partial charge in [-0.25, -0.2) is 4.98 Å². The average molecular weight is 242 g/mol. The first-order chi connectivity index (χ1) is 8.78. The van der Waals surface area contributed by atoms with Gasteiger partial charge in [-0.3, -0.25) is 0 Å². The van der Waals surface area contributed by atoms with Crippen LogP contribution in [0.5, 0.6) is 0 Å². The van der Waals surface area contributed by atoms with Gasteiger partial charge in [-0.1, -0.05) is 6.07 Å². The molecule has 4 nitrogen and oxygen atoms in total. The molecule has 0 spiro atoms. The summed E-state index contributed by atoms with van der Waals surface area (Å²) in [7, 11) is 0. The smallest absolute Gasteiger partial charge is 0.203 e. The van der Waals surface area contributed by atoms with E-state index in [-0.39, 0.29) is 0 Å². The van der Waals surface area contributed by atoms with Gasteiger partial charge < -0.3 is 15.6 Å². The van der Waals surface area contributed by atoms with Crippen molar-refractivity contribution in [1.82, 2.24) is 9.55 Å². The first-order valence-corrected chi connectivity index (χ1v) is 6.44. The minimum Gasteiger partial charge on any atom is -0.399 e. The topological polar surface area (TPSA) is 55.9 Å². The average Bonchev–Trinajstić information content (AvgIpc) is 2.96. The number of aryl methyl sites for hydroxylation is 2. The van der Waals surface area contributed by atoms with Crippen LogP contribution in [0.25, 0.3) is 0 Å². The molecule has 0 amide bonds. The van der Waals surface area contributed by atoms with Crippen molar-refractivity contribution in [2.75, 3.05) is 11.1 Å². The molecule has 1 unspecified atom stereocenters. The van der Waals surface area contributed by atoms with Crippen LogP contribution < -0.4 is 11.1 Å². The van der Waals surface area contributed by atoms with Gasteiger partial charge in [0.15, 0.2) is 0 Å². The van der Waals surface area contributed by atoms with Crippen LogP contribution in [0.4, 0.5) is 11.6 Å². The molecule has 0 aliphatic heterocycles. The fourth-order valence-corrected chi connectivity index (χ4v) is 2.65. The number of imidazole rings is 1. The fourth-order valence-electron chi connectivity index (χ4n) is 2.65. The summed E-state index contributed by atoms with van der Waals surface area (Å²) in [5.74, 6) is 0.951. The van der Waals surface area contributed by atoms with Crippen molar-refractivity contribution in [2.24, 2.45) is 0 Å². The van der Waals surface area contributed by atoms with Crippen molar-refractivity contribution in [3.63, 3.8) is 0 Å². The van der Waals surface area contributed by atoms with E-state index in [9.17, 15) is 0 Å². The molecule has 0 radical (unpaired) electrons. The first kappa shape index (κ1) is 11.1. The van der Waals surface area contributed by atoms with Crippen LogP contribution in [0, 0.1) is 0 Å². The number of nitrogens with one attached hydrogen (secondary N) is 1. The van der Waals surface area contributed by atoms with Crippen LogP contribution in [0.15, 0.2) is 30.6 Å². The maximum atomic E-state index is 5.82. The zero-order chi connectivity index (χ0) is 12.5. The number of rotatable bonds is 3. The second-order valence-electron chi connectivity index (χ2n) is 4.73. The minimum atomic E-state index is 0.355. The number of nitrogens with two attached hydrogens (primary N) is 1. The molecule has 1 heterocycles. The molecule has 94 valence electrons. The zero-order valence-corrected chi connectivity index (χ0v) is 10.6. The SMILES string of the molecule is CCn1ccnc1NC1CCc2cc(N)ccc21. The number of benzene rings is 1. The molecule has 3 rings (SSSR count). The Morgan fingerprint density at radius 2 is 2.39 bits per heavy atom. The number of nitrogen functional groups attached to an aromatic ring is 1. The molecular weight excluding hydrogens is 224 g/mol. The second kappa shape index (κ2) is 4.37. The lowest BCUT2D eigenvalue weighted by Gasteiger charge is -2.15. The molecule has 0 saturated heterocycles. The van der Waals surface area contributed by atoms with E-state index < -0.39 is 0 Å². The van der Waals surface area contributed by atoms with Gasteiger partial charge in [0.2, 0.25) is 5.95 Å². The van der Waals surface area contributed by atoms with Gasteiger partial charge in [-0.05, 0) is 43.0 Å². The maximum absolute atomic E-state index is 5.82. The van der Waals surface area contributed by atoms with Crippen molar-refractivity contribution < 1.29 is 0 Å². The lowest BCUT2D eigenvalue weighted by molar-refractivity contribution is 0.711. The molecule has 2 aromatic rings. The highest BCUT2D eigenvalue weighted by atomic mass is 15.2. The summed E-state index contributed by atoms with van der Waals surface area (Å²) in [5.41, 5.74) is 9.39. The quantitative estimate of drug-likeness (QED) is 0.813. The Hall–Kier alpha value is -1.97. The Kier molecular flexibility index (Phi) is 2.70. The van der Waals surface area contributed by atoms with E-state index in [4.69, 9.17) is 5.73 Å². The lowest BCUT2D eigenvalue weighted by Crippen LogP contribution is -2.11. The summed E-state index contributed by atoms with van der Waals surface area (Å²) in [6, 6.07) is 6.55. The molecule has 4 heteroatoms. The van der Waals surface area contributed by atoms with Gasteiger partial charge in [-0.2, -0.15) is 0 Å². The van der Waals surface area contributed by atoms with Gasteiger partial charge in [0.25, 0.3) is 0 Å². The molecule has 1 aliphatic rings. The van der Waals surface area contributed by atoms with Crippen molar-refractivity contribution >= 4 is 11.6 Å². The highest BCUT2D eigenvalue weighted by molar-refractivity contribution is 5.49. The van der Waals surface area contributed by atoms with E-state index >= 15 is 0 Å². The van der Waals surface area contributed by atoms with Crippen LogP contribution in [-0.2, 0) is 13.0 Å². The molecule has 0 saturated carbocycles. The number of anilines is 2. The Balaban J connectivity index is 1.85. The van der Waals surface area contributed by atoms with E-state index in [1.165, 1.54) is 11.1 Å². The third kappa shape index (κ3) is 1.83. The summed E-state index contributed by atoms with van der Waals surface area (Å²) in [6.45, 7) is 3.06. The number of aromatic nitrogens is 2. The summed E-state index contributed by atoms with van der Waals surface area (Å²) >= 11 is 0. The van der Waals surface area contributed by atoms with Gasteiger partial charge in [-0.15, -0.1) is 0 Å². The number of nitrogens with zero attached hydrogens (tertiary/aromatic N) is 2. The summed E-state index contributed by atoms with van der Waals surface area (Å²) in [6.07, 6.45) is 6.03. The van der Waals surface area contributed by atoms with Crippen LogP contribution in [0.1, 0.15) is 30.5 Å². The first-order valence-electron chi connectivity index (χ1n) is 6.44. The Morgan fingerprint density at radius 1 is 1.50 bits per heavy atom. The molecule has 1 aliphatic carbocycles. The molecule has 1 aromatic carbocycles. The number of hydrogen-bond acceptors (Lipinski definition) is 3. The molecule has 3 N–H and O–H groups in total. The van der Waals surface area contributed by atoms with Crippen molar-refractivity contribution in [1.29, 1.82) is 0 Å². The van der Waals surface area contributed by atoms with Gasteiger partial charge >= 0.3 is 0 Å². The summed E-state index contributed by atoms with van der Waals surface area (Å²) in [5, 5.41) is 3.53. The van der Waals surface area contributed by atoms with Crippen molar-refractivity contribution in [3.05, 3.63) is 41.7 Å². The van der Waals surface area contributed by atoms with E-state index in [1.807, 2.05) is 18.5 Å². The van der Waals surface area contributed by atoms with Gasteiger partial charge in [0.05, 0.1) is 6.04 Å². The molecule has 1 atom stereocenters. The zero-order valence-electron chi connectivity index (χ0n) is 10.6. The van der Waals surface area contributed by atoms with Crippen LogP contribution in [0.3, 0.4) is 0 Å². The standard InChI is InChI=1S/C14H18N4/c1-2-18-8-7-16-14(18)17-13-6-3-10-9-11(15)4-5-12(10)13/h4-5,7-9,13H,2-3,6,15H2,1H3,(H,16,17). The van der Waals surface area contributed by atoms with E-state index in [0.717, 1.165) is 31.0 Å². The normalized spacial score (nSPS) is 17.7. The van der Waals surface area contributed by atoms with Crippen LogP contribution in [0.2, 0.25) is 0 Å². The fraction of sp³-hybridized carbons (Fsp3) is 0.357. The summed E-state index contributed by atoms with van der Waals surface area (Å²) < 4.78 is 2.12. The minimum absolute atomic E-state index is 0.355. The van der Waals surface area contributed by atoms with Gasteiger partial charge in [0.1, 0.15) is 0 Å². The molecule has 18 heavy (non-hydrogen) atoms. The number of hydrogen-bond donors (Lipinski definition) is 2. The third-order valence-corrected chi connectivity index (χ3v) is 3.60. The monoisotopic (exact) mass is 242 g/mol. The van der Waals surface area contributed by atoms with Crippen molar-refractivity contribution in [2.45, 2.75) is 32.4 Å². The maximum Gasteiger partial charge on any atom is 0.203 e.